The molecule has 0 saturated carbocycles. The van der Waals surface area contributed by atoms with Gasteiger partial charge in [0.15, 0.2) is 5.13 Å². The van der Waals surface area contributed by atoms with Gasteiger partial charge in [0.1, 0.15) is 4.88 Å². The first-order valence-electron chi connectivity index (χ1n) is 8.34. The molecule has 1 N–H and O–H groups in total. The van der Waals surface area contributed by atoms with Gasteiger partial charge in [0.2, 0.25) is 0 Å². The van der Waals surface area contributed by atoms with E-state index >= 15 is 0 Å². The van der Waals surface area contributed by atoms with Gasteiger partial charge < -0.3 is 4.74 Å². The van der Waals surface area contributed by atoms with Crippen LogP contribution in [0.3, 0.4) is 0 Å². The van der Waals surface area contributed by atoms with Crippen molar-refractivity contribution in [1.29, 1.82) is 0 Å². The zero-order chi connectivity index (χ0) is 20.3. The number of nitrogens with one attached hydrogen (secondary N) is 1. The molecule has 0 aliphatic carbocycles. The fourth-order valence-corrected chi connectivity index (χ4v) is 5.15. The van der Waals surface area contributed by atoms with Gasteiger partial charge in [-0.1, -0.05) is 59.3 Å². The van der Waals surface area contributed by atoms with Gasteiger partial charge in [-0.15, -0.1) is 0 Å². The van der Waals surface area contributed by atoms with E-state index in [1.807, 2.05) is 18.2 Å². The van der Waals surface area contributed by atoms with Crippen molar-refractivity contribution < 1.29 is 17.9 Å². The number of benzene rings is 2. The maximum atomic E-state index is 12.8. The molecule has 1 aromatic heterocycles. The number of esters is 1. The van der Waals surface area contributed by atoms with E-state index in [9.17, 15) is 13.2 Å². The number of aromatic nitrogens is 1. The Morgan fingerprint density at radius 1 is 1.18 bits per heavy atom. The number of rotatable bonds is 6. The first-order chi connectivity index (χ1) is 13.3. The Balaban J connectivity index is 2.03. The van der Waals surface area contributed by atoms with Gasteiger partial charge in [-0.05, 0) is 31.5 Å². The van der Waals surface area contributed by atoms with E-state index in [4.69, 9.17) is 16.3 Å². The number of hydrogen-bond donors (Lipinski definition) is 1. The second-order valence-electron chi connectivity index (χ2n) is 5.75. The number of hydrogen-bond acceptors (Lipinski definition) is 6. The van der Waals surface area contributed by atoms with Crippen LogP contribution in [0.5, 0.6) is 0 Å². The van der Waals surface area contributed by atoms with Crippen molar-refractivity contribution in [2.75, 3.05) is 11.3 Å². The molecule has 9 heteroatoms. The second kappa shape index (κ2) is 8.30. The maximum absolute atomic E-state index is 12.8. The average molecular weight is 437 g/mol. The van der Waals surface area contributed by atoms with E-state index < -0.39 is 16.0 Å². The third-order valence-corrected chi connectivity index (χ3v) is 6.84. The van der Waals surface area contributed by atoms with E-state index in [1.54, 1.807) is 38.1 Å². The van der Waals surface area contributed by atoms with Crippen LogP contribution < -0.4 is 4.72 Å². The van der Waals surface area contributed by atoms with Crippen molar-refractivity contribution in [2.24, 2.45) is 0 Å². The quantitative estimate of drug-likeness (QED) is 0.563. The molecule has 0 saturated heterocycles. The lowest BCUT2D eigenvalue weighted by molar-refractivity contribution is 0.0532. The summed E-state index contributed by atoms with van der Waals surface area (Å²) in [5, 5.41) is 0.417. The zero-order valence-corrected chi connectivity index (χ0v) is 17.5. The molecule has 1 heterocycles. The molecule has 0 amide bonds. The minimum Gasteiger partial charge on any atom is -0.462 e. The highest BCUT2D eigenvalue weighted by Crippen LogP contribution is 2.33. The van der Waals surface area contributed by atoms with Crippen LogP contribution in [-0.2, 0) is 14.8 Å². The van der Waals surface area contributed by atoms with Crippen LogP contribution in [0.15, 0.2) is 53.4 Å². The summed E-state index contributed by atoms with van der Waals surface area (Å²) in [5.41, 5.74) is 1.48. The molecular weight excluding hydrogens is 420 g/mol. The highest BCUT2D eigenvalue weighted by molar-refractivity contribution is 7.93. The minimum atomic E-state index is -3.93. The molecule has 0 aliphatic heterocycles. The number of thiazole rings is 1. The summed E-state index contributed by atoms with van der Waals surface area (Å²) in [6.07, 6.45) is 0. The number of halogens is 1. The maximum Gasteiger partial charge on any atom is 0.350 e. The van der Waals surface area contributed by atoms with Gasteiger partial charge in [-0.3, -0.25) is 4.72 Å². The summed E-state index contributed by atoms with van der Waals surface area (Å²) < 4.78 is 33.1. The number of nitrogens with zero attached hydrogens (tertiary/aromatic N) is 1. The summed E-state index contributed by atoms with van der Waals surface area (Å²) in [6, 6.07) is 13.7. The van der Waals surface area contributed by atoms with Gasteiger partial charge in [0.05, 0.1) is 17.2 Å². The van der Waals surface area contributed by atoms with Crippen LogP contribution >= 0.6 is 22.9 Å². The standard InChI is InChI=1S/C19H17ClN2O4S2/c1-3-26-18(23)17-16(13-8-5-4-6-9-13)21-19(27-17)22-28(24,25)15-11-7-10-14(20)12(15)2/h4-11H,3H2,1-2H3,(H,21,22). The van der Waals surface area contributed by atoms with Gasteiger partial charge in [-0.2, -0.15) is 0 Å². The second-order valence-corrected chi connectivity index (χ2v) is 8.81. The van der Waals surface area contributed by atoms with Gasteiger partial charge in [0.25, 0.3) is 10.0 Å². The van der Waals surface area contributed by atoms with Crippen molar-refractivity contribution >= 4 is 44.1 Å². The molecule has 28 heavy (non-hydrogen) atoms. The van der Waals surface area contributed by atoms with Crippen molar-refractivity contribution in [3.8, 4) is 11.3 Å². The Bertz CT molecular complexity index is 1110. The molecular formula is C19H17ClN2O4S2. The Kier molecular flexibility index (Phi) is 6.02. The van der Waals surface area contributed by atoms with Crippen LogP contribution in [0.4, 0.5) is 5.13 Å². The Morgan fingerprint density at radius 3 is 2.57 bits per heavy atom. The summed E-state index contributed by atoms with van der Waals surface area (Å²) in [7, 11) is -3.93. The summed E-state index contributed by atoms with van der Waals surface area (Å²) in [6.45, 7) is 3.53. The summed E-state index contributed by atoms with van der Waals surface area (Å²) in [5.74, 6) is -0.553. The molecule has 146 valence electrons. The zero-order valence-electron chi connectivity index (χ0n) is 15.1. The highest BCUT2D eigenvalue weighted by Gasteiger charge is 2.24. The molecule has 3 rings (SSSR count). The number of sulfonamides is 1. The number of ether oxygens (including phenoxy) is 1. The molecule has 0 fully saturated rings. The molecule has 2 aromatic carbocycles. The van der Waals surface area contributed by atoms with Gasteiger partial charge in [-0.25, -0.2) is 18.2 Å². The Labute approximate surface area is 172 Å². The SMILES string of the molecule is CCOC(=O)c1sc(NS(=O)(=O)c2cccc(Cl)c2C)nc1-c1ccccc1. The summed E-state index contributed by atoms with van der Waals surface area (Å²) >= 11 is 6.97. The minimum absolute atomic E-state index is 0.0501. The lowest BCUT2D eigenvalue weighted by Crippen LogP contribution is -2.14. The Hall–Kier alpha value is -2.42. The van der Waals surface area contributed by atoms with Gasteiger partial charge in [0, 0.05) is 10.6 Å². The topological polar surface area (TPSA) is 85.4 Å². The fraction of sp³-hybridized carbons (Fsp3) is 0.158. The third kappa shape index (κ3) is 4.19. The van der Waals surface area contributed by atoms with Crippen LogP contribution in [0, 0.1) is 6.92 Å². The molecule has 0 atom stereocenters. The molecule has 0 aliphatic rings. The highest BCUT2D eigenvalue weighted by atomic mass is 35.5. The number of carbonyl (C=O) groups excluding carboxylic acids is 1. The van der Waals surface area contributed by atoms with E-state index in [-0.39, 0.29) is 21.5 Å². The first-order valence-corrected chi connectivity index (χ1v) is 11.0. The monoisotopic (exact) mass is 436 g/mol. The summed E-state index contributed by atoms with van der Waals surface area (Å²) in [4.78, 5) is 17.0. The molecule has 0 bridgehead atoms. The molecule has 0 spiro atoms. The molecule has 0 unspecified atom stereocenters. The van der Waals surface area contributed by atoms with Crippen LogP contribution in [0.25, 0.3) is 11.3 Å². The molecule has 6 nitrogen and oxygen atoms in total. The third-order valence-electron chi connectivity index (χ3n) is 3.86. The predicted octanol–water partition coefficient (Wildman–Crippen LogP) is 4.75. The molecule has 3 aromatic rings. The van der Waals surface area contributed by atoms with E-state index in [0.29, 0.717) is 21.8 Å². The lowest BCUT2D eigenvalue weighted by Gasteiger charge is -2.09. The normalized spacial score (nSPS) is 11.2. The fourth-order valence-electron chi connectivity index (χ4n) is 2.54. The van der Waals surface area contributed by atoms with Crippen LogP contribution in [-0.4, -0.2) is 26.0 Å². The van der Waals surface area contributed by atoms with Crippen molar-refractivity contribution in [3.05, 3.63) is 64.0 Å². The molecule has 0 radical (unpaired) electrons. The van der Waals surface area contributed by atoms with Crippen LogP contribution in [0.2, 0.25) is 5.02 Å². The first kappa shape index (κ1) is 20.3. The van der Waals surface area contributed by atoms with E-state index in [1.165, 1.54) is 6.07 Å². The van der Waals surface area contributed by atoms with Gasteiger partial charge >= 0.3 is 5.97 Å². The van der Waals surface area contributed by atoms with E-state index in [0.717, 1.165) is 11.3 Å². The van der Waals surface area contributed by atoms with E-state index in [2.05, 4.69) is 9.71 Å². The van der Waals surface area contributed by atoms with Crippen LogP contribution in [0.1, 0.15) is 22.2 Å². The van der Waals surface area contributed by atoms with Crippen molar-refractivity contribution in [3.63, 3.8) is 0 Å². The number of anilines is 1. The predicted molar refractivity (Wildman–Crippen MR) is 111 cm³/mol. The Morgan fingerprint density at radius 2 is 1.89 bits per heavy atom. The average Bonchev–Trinajstić information content (AvgIpc) is 3.08. The van der Waals surface area contributed by atoms with Crippen molar-refractivity contribution in [1.82, 2.24) is 4.98 Å². The lowest BCUT2D eigenvalue weighted by atomic mass is 10.1. The largest absolute Gasteiger partial charge is 0.462 e. The smallest absolute Gasteiger partial charge is 0.350 e. The number of carbonyl (C=O) groups is 1. The van der Waals surface area contributed by atoms with Crippen molar-refractivity contribution in [2.45, 2.75) is 18.7 Å².